The minimum Gasteiger partial charge on any atom is -1.00 e. The number of nitrogens with one attached hydrogen (secondary N) is 2. The molecule has 3 rings (SSSR count). The number of aromatic nitrogens is 2. The van der Waals surface area contributed by atoms with Crippen LogP contribution in [0.25, 0.3) is 5.52 Å². The highest BCUT2D eigenvalue weighted by Gasteiger charge is 2.19. The van der Waals surface area contributed by atoms with E-state index in [2.05, 4.69) is 31.6 Å². The van der Waals surface area contributed by atoms with Crippen LogP contribution in [0.1, 0.15) is 0 Å². The summed E-state index contributed by atoms with van der Waals surface area (Å²) in [5, 5.41) is 25.0. The van der Waals surface area contributed by atoms with Gasteiger partial charge in [-0.05, 0) is 18.2 Å². The Kier molecular flexibility index (Phi) is 9.51. The van der Waals surface area contributed by atoms with E-state index in [1.54, 1.807) is 10.6 Å². The Labute approximate surface area is 194 Å². The first-order valence-electron chi connectivity index (χ1n) is 9.41. The van der Waals surface area contributed by atoms with Gasteiger partial charge >= 0.3 is 0 Å². The predicted molar refractivity (Wildman–Crippen MR) is 122 cm³/mol. The molecule has 9 nitrogen and oxygen atoms in total. The van der Waals surface area contributed by atoms with Gasteiger partial charge in [-0.15, -0.1) is 17.5 Å². The average Bonchev–Trinajstić information content (AvgIpc) is 2.99. The van der Waals surface area contributed by atoms with Crippen LogP contribution in [0.2, 0.25) is 0 Å². The molecule has 0 aromatic carbocycles. The molecule has 1 aliphatic carbocycles. The summed E-state index contributed by atoms with van der Waals surface area (Å²) in [5.41, 5.74) is 8.64. The maximum Gasteiger partial charge on any atom is 0.175 e. The highest BCUT2D eigenvalue weighted by Crippen LogP contribution is 2.31. The van der Waals surface area contributed by atoms with E-state index >= 15 is 0 Å². The number of halogens is 2. The number of aliphatic imine (C=N–C) groups is 1. The number of ether oxygens (including phenoxy) is 1. The molecule has 11 heteroatoms. The first kappa shape index (κ1) is 26.4. The second kappa shape index (κ2) is 11.1. The lowest BCUT2D eigenvalue weighted by Crippen LogP contribution is -3.00. The lowest BCUT2D eigenvalue weighted by atomic mass is 10.1. The van der Waals surface area contributed by atoms with Crippen LogP contribution < -0.4 is 23.5 Å². The molecule has 0 spiro atoms. The van der Waals surface area contributed by atoms with E-state index in [4.69, 9.17) is 26.0 Å². The van der Waals surface area contributed by atoms with E-state index in [-0.39, 0.29) is 43.7 Å². The number of aliphatic hydroxyl groups is 1. The summed E-state index contributed by atoms with van der Waals surface area (Å²) in [6.45, 7) is 1.62. The number of aliphatic hydroxyl groups excluding tert-OH is 1. The van der Waals surface area contributed by atoms with Gasteiger partial charge in [-0.1, -0.05) is 6.07 Å². The van der Waals surface area contributed by atoms with E-state index < -0.39 is 0 Å². The Bertz CT molecular complexity index is 1010. The number of fused-ring (bicyclic) bond motifs is 1. The standard InChI is InChI=1S/C20H28N7O2.2ClH/c1-27(2,3)9-7-23-20-19(17-6-4-5-8-26(17)25-20)24-16-13-18(29-11-10-28)15(22)12-14(16)21;;/h4-6,8,12-13,22,28H,7,9-11,21H2,1-3H3,(H,23,25);2*1H/q+1;;/p-1/b22-15?,24-16+;;. The van der Waals surface area contributed by atoms with Crippen LogP contribution in [0.3, 0.4) is 0 Å². The van der Waals surface area contributed by atoms with Crippen molar-refractivity contribution in [3.63, 3.8) is 0 Å². The van der Waals surface area contributed by atoms with Crippen LogP contribution in [0, 0.1) is 5.41 Å². The molecule has 0 fully saturated rings. The predicted octanol–water partition coefficient (Wildman–Crippen LogP) is -1.28. The van der Waals surface area contributed by atoms with E-state index in [1.165, 1.54) is 6.08 Å². The molecular weight excluding hydrogens is 441 g/mol. The maximum atomic E-state index is 8.99. The second-order valence-corrected chi connectivity index (χ2v) is 7.76. The summed E-state index contributed by atoms with van der Waals surface area (Å²) in [7, 11) is 6.40. The zero-order valence-corrected chi connectivity index (χ0v) is 19.4. The largest absolute Gasteiger partial charge is 1.00 e. The van der Waals surface area contributed by atoms with Gasteiger partial charge in [0.2, 0.25) is 0 Å². The molecule has 170 valence electrons. The number of anilines is 1. The Morgan fingerprint density at radius 1 is 1.29 bits per heavy atom. The number of hydrogen-bond donors (Lipinski definition) is 4. The quantitative estimate of drug-likeness (QED) is 0.283. The van der Waals surface area contributed by atoms with Gasteiger partial charge in [0.15, 0.2) is 5.82 Å². The number of nitrogens with two attached hydrogens (primary N) is 1. The number of nitrogens with zero attached hydrogens (tertiary/aromatic N) is 4. The molecule has 2 aromatic rings. The fraction of sp³-hybridized carbons (Fsp3) is 0.350. The van der Waals surface area contributed by atoms with Crippen molar-refractivity contribution in [3.05, 3.63) is 48.0 Å². The van der Waals surface area contributed by atoms with E-state index in [0.29, 0.717) is 28.7 Å². The number of pyridine rings is 1. The van der Waals surface area contributed by atoms with E-state index in [1.807, 2.05) is 24.4 Å². The molecule has 0 saturated carbocycles. The van der Waals surface area contributed by atoms with Gasteiger partial charge < -0.3 is 37.8 Å². The van der Waals surface area contributed by atoms with Crippen LogP contribution in [0.5, 0.6) is 0 Å². The maximum absolute atomic E-state index is 8.99. The van der Waals surface area contributed by atoms with Crippen LogP contribution in [-0.4, -0.2) is 78.1 Å². The number of hydrogen-bond acceptors (Lipinski definition) is 7. The summed E-state index contributed by atoms with van der Waals surface area (Å²) < 4.78 is 8.03. The Morgan fingerprint density at radius 2 is 2.03 bits per heavy atom. The fourth-order valence-electron chi connectivity index (χ4n) is 2.80. The summed E-state index contributed by atoms with van der Waals surface area (Å²) >= 11 is 0. The lowest BCUT2D eigenvalue weighted by molar-refractivity contribution is -0.868. The van der Waals surface area contributed by atoms with Crippen LogP contribution in [-0.2, 0) is 4.74 Å². The molecule has 0 bridgehead atoms. The zero-order chi connectivity index (χ0) is 21.0. The molecule has 2 aromatic heterocycles. The van der Waals surface area contributed by atoms with Crippen molar-refractivity contribution in [3.8, 4) is 0 Å². The lowest BCUT2D eigenvalue weighted by Gasteiger charge is -2.23. The van der Waals surface area contributed by atoms with Crippen molar-refractivity contribution in [1.29, 1.82) is 5.41 Å². The molecule has 0 unspecified atom stereocenters. The van der Waals surface area contributed by atoms with Crippen molar-refractivity contribution >= 4 is 40.9 Å². The smallest absolute Gasteiger partial charge is 0.175 e. The van der Waals surface area contributed by atoms with E-state index in [9.17, 15) is 0 Å². The topological polar surface area (TPSA) is 121 Å². The second-order valence-electron chi connectivity index (χ2n) is 7.76. The zero-order valence-electron chi connectivity index (χ0n) is 17.8. The molecule has 2 heterocycles. The van der Waals surface area contributed by atoms with Crippen LogP contribution in [0.15, 0.2) is 53.0 Å². The Balaban J connectivity index is 0.00000240. The Morgan fingerprint density at radius 3 is 2.71 bits per heavy atom. The molecular formula is C20H29Cl2N7O2. The van der Waals surface area contributed by atoms with Gasteiger partial charge in [0.05, 0.1) is 63.5 Å². The summed E-state index contributed by atoms with van der Waals surface area (Å²) in [4.78, 5) is 4.75. The average molecular weight is 470 g/mol. The highest BCUT2D eigenvalue weighted by atomic mass is 35.5. The van der Waals surface area contributed by atoms with E-state index in [0.717, 1.165) is 23.1 Å². The third kappa shape index (κ3) is 6.70. The van der Waals surface area contributed by atoms with Crippen LogP contribution >= 0.6 is 12.4 Å². The number of likely N-dealkylation sites (N-methyl/N-ethyl adjacent to an activating group) is 1. The monoisotopic (exact) mass is 469 g/mol. The van der Waals surface area contributed by atoms with Crippen molar-refractivity contribution < 1.29 is 26.7 Å². The van der Waals surface area contributed by atoms with Crippen molar-refractivity contribution in [2.24, 2.45) is 10.7 Å². The van der Waals surface area contributed by atoms with Gasteiger partial charge in [0.1, 0.15) is 18.1 Å². The molecule has 5 N–H and O–H groups in total. The van der Waals surface area contributed by atoms with Crippen molar-refractivity contribution in [1.82, 2.24) is 9.61 Å². The van der Waals surface area contributed by atoms with Crippen LogP contribution in [0.4, 0.5) is 11.5 Å². The molecule has 0 atom stereocenters. The third-order valence-corrected chi connectivity index (χ3v) is 4.30. The van der Waals surface area contributed by atoms with Gasteiger partial charge in [0.25, 0.3) is 0 Å². The molecule has 0 amide bonds. The Hall–Kier alpha value is -2.59. The number of quaternary nitrogens is 1. The fourth-order valence-corrected chi connectivity index (χ4v) is 2.80. The summed E-state index contributed by atoms with van der Waals surface area (Å²) in [6.07, 6.45) is 4.99. The minimum absolute atomic E-state index is 0. The SMILES string of the molecule is C[N+](C)(C)CCNc1nn2ccccc2c1/N=C1\C=C(OCCO)C(=N)C=C1N.Cl.[Cl-]. The molecule has 0 radical (unpaired) electrons. The first-order chi connectivity index (χ1) is 13.8. The third-order valence-electron chi connectivity index (χ3n) is 4.30. The van der Waals surface area contributed by atoms with Gasteiger partial charge in [0, 0.05) is 12.3 Å². The van der Waals surface area contributed by atoms with Crippen molar-refractivity contribution in [2.45, 2.75) is 0 Å². The summed E-state index contributed by atoms with van der Waals surface area (Å²) in [5.74, 6) is 0.986. The van der Waals surface area contributed by atoms with Gasteiger partial charge in [-0.2, -0.15) is 0 Å². The highest BCUT2D eigenvalue weighted by molar-refractivity contribution is 6.22. The van der Waals surface area contributed by atoms with Gasteiger partial charge in [-0.3, -0.25) is 5.41 Å². The van der Waals surface area contributed by atoms with Crippen molar-refractivity contribution in [2.75, 3.05) is 52.8 Å². The molecule has 0 aliphatic heterocycles. The first-order valence-corrected chi connectivity index (χ1v) is 9.41. The molecule has 31 heavy (non-hydrogen) atoms. The summed E-state index contributed by atoms with van der Waals surface area (Å²) in [6, 6.07) is 5.77. The molecule has 1 aliphatic rings. The number of allylic oxidation sites excluding steroid dienone is 2. The minimum atomic E-state index is -0.134. The number of rotatable bonds is 8. The molecule has 0 saturated heterocycles. The normalized spacial score (nSPS) is 15.1. The van der Waals surface area contributed by atoms with Gasteiger partial charge in [-0.25, -0.2) is 9.51 Å².